The number of carbonyl (C=O) groups is 2. The second-order valence-corrected chi connectivity index (χ2v) is 11.4. The van der Waals surface area contributed by atoms with E-state index in [0.29, 0.717) is 31.1 Å². The standard InChI is InChI=1S/C30H38N8O4/c1-30(2,3)42-29(40)34-21-5-4-12-38(19-21)22-8-6-20(7-9-22)23-18-33-27(31)26(35-23)28(39)36-24-17-32-11-10-25(24)37-13-15-41-16-14-37/h6-11,17-18,21H,4-5,12-16,19H2,1-3H3,(H2,31,33)(H,34,40)(H,36,39)/t21-/m0/s1. The van der Waals surface area contributed by atoms with E-state index in [1.54, 1.807) is 18.6 Å². The van der Waals surface area contributed by atoms with Crippen LogP contribution >= 0.6 is 0 Å². The van der Waals surface area contributed by atoms with Gasteiger partial charge in [0.25, 0.3) is 5.91 Å². The van der Waals surface area contributed by atoms with Gasteiger partial charge in [0.1, 0.15) is 5.60 Å². The minimum absolute atomic E-state index is 0.000824. The minimum Gasteiger partial charge on any atom is -0.444 e. The molecular formula is C30H38N8O4. The Hall–Kier alpha value is -4.45. The lowest BCUT2D eigenvalue weighted by atomic mass is 10.0. The van der Waals surface area contributed by atoms with Gasteiger partial charge < -0.3 is 35.6 Å². The van der Waals surface area contributed by atoms with Crippen LogP contribution in [0.15, 0.2) is 48.9 Å². The monoisotopic (exact) mass is 574 g/mol. The van der Waals surface area contributed by atoms with Crippen molar-refractivity contribution in [2.24, 2.45) is 0 Å². The van der Waals surface area contributed by atoms with Crippen molar-refractivity contribution >= 4 is 34.9 Å². The Labute approximate surface area is 245 Å². The van der Waals surface area contributed by atoms with Crippen LogP contribution in [0.2, 0.25) is 0 Å². The molecule has 0 saturated carbocycles. The summed E-state index contributed by atoms with van der Waals surface area (Å²) in [5.74, 6) is -0.417. The topological polar surface area (TPSA) is 148 Å². The average molecular weight is 575 g/mol. The van der Waals surface area contributed by atoms with E-state index < -0.39 is 17.6 Å². The summed E-state index contributed by atoms with van der Waals surface area (Å²) in [6.45, 7) is 9.82. The first-order chi connectivity index (χ1) is 20.2. The number of anilines is 4. The summed E-state index contributed by atoms with van der Waals surface area (Å²) in [4.78, 5) is 42.9. The summed E-state index contributed by atoms with van der Waals surface area (Å²) in [5, 5.41) is 5.90. The van der Waals surface area contributed by atoms with Crippen LogP contribution in [0.25, 0.3) is 11.3 Å². The largest absolute Gasteiger partial charge is 0.444 e. The van der Waals surface area contributed by atoms with Crippen LogP contribution in [0, 0.1) is 0 Å². The molecule has 0 spiro atoms. The smallest absolute Gasteiger partial charge is 0.407 e. The van der Waals surface area contributed by atoms with Gasteiger partial charge in [-0.25, -0.2) is 14.8 Å². The number of benzene rings is 1. The van der Waals surface area contributed by atoms with Gasteiger partial charge in [0.05, 0.1) is 42.7 Å². The van der Waals surface area contributed by atoms with E-state index in [0.717, 1.165) is 49.4 Å². The molecule has 2 aliphatic rings. The molecule has 5 rings (SSSR count). The summed E-state index contributed by atoms with van der Waals surface area (Å²) < 4.78 is 10.9. The zero-order valence-corrected chi connectivity index (χ0v) is 24.3. The molecule has 12 nitrogen and oxygen atoms in total. The zero-order valence-electron chi connectivity index (χ0n) is 24.3. The molecule has 2 aliphatic heterocycles. The van der Waals surface area contributed by atoms with Crippen LogP contribution in [0.5, 0.6) is 0 Å². The van der Waals surface area contributed by atoms with Crippen molar-refractivity contribution in [3.8, 4) is 11.3 Å². The Kier molecular flexibility index (Phi) is 8.72. The number of nitrogens with zero attached hydrogens (tertiary/aromatic N) is 5. The molecular weight excluding hydrogens is 536 g/mol. The lowest BCUT2D eigenvalue weighted by molar-refractivity contribution is 0.0499. The SMILES string of the molecule is CC(C)(C)OC(=O)N[C@H]1CCCN(c2ccc(-c3cnc(N)c(C(=O)Nc4cnccc4N4CCOCC4)n3)cc2)C1. The van der Waals surface area contributed by atoms with Gasteiger partial charge in [0.2, 0.25) is 0 Å². The number of piperidine rings is 1. The van der Waals surface area contributed by atoms with Gasteiger partial charge in [0.15, 0.2) is 11.5 Å². The molecule has 2 fully saturated rings. The number of nitrogens with two attached hydrogens (primary N) is 1. The van der Waals surface area contributed by atoms with Crippen LogP contribution in [0.3, 0.4) is 0 Å². The number of alkyl carbamates (subject to hydrolysis) is 1. The van der Waals surface area contributed by atoms with Crippen LogP contribution in [0.1, 0.15) is 44.1 Å². The van der Waals surface area contributed by atoms with Crippen molar-refractivity contribution in [3.05, 3.63) is 54.6 Å². The Morgan fingerprint density at radius 2 is 1.81 bits per heavy atom. The van der Waals surface area contributed by atoms with Gasteiger partial charge in [-0.3, -0.25) is 9.78 Å². The lowest BCUT2D eigenvalue weighted by Crippen LogP contribution is -2.49. The highest BCUT2D eigenvalue weighted by molar-refractivity contribution is 6.07. The van der Waals surface area contributed by atoms with E-state index in [2.05, 4.69) is 35.4 Å². The number of morpholine rings is 1. The number of nitrogen functional groups attached to an aromatic ring is 1. The first-order valence-corrected chi connectivity index (χ1v) is 14.2. The molecule has 2 amide bonds. The highest BCUT2D eigenvalue weighted by Crippen LogP contribution is 2.28. The number of amides is 2. The third-order valence-electron chi connectivity index (χ3n) is 7.08. The number of rotatable bonds is 6. The first kappa shape index (κ1) is 29.1. The van der Waals surface area contributed by atoms with Crippen molar-refractivity contribution in [2.45, 2.75) is 45.3 Å². The van der Waals surface area contributed by atoms with Gasteiger partial charge in [-0.2, -0.15) is 0 Å². The molecule has 0 unspecified atom stereocenters. The first-order valence-electron chi connectivity index (χ1n) is 14.2. The van der Waals surface area contributed by atoms with E-state index in [1.807, 2.05) is 51.1 Å². The van der Waals surface area contributed by atoms with Crippen molar-refractivity contribution in [3.63, 3.8) is 0 Å². The lowest BCUT2D eigenvalue weighted by Gasteiger charge is -2.35. The number of nitrogens with one attached hydrogen (secondary N) is 2. The van der Waals surface area contributed by atoms with Crippen molar-refractivity contribution < 1.29 is 19.1 Å². The third-order valence-corrected chi connectivity index (χ3v) is 7.08. The molecule has 4 heterocycles. The van der Waals surface area contributed by atoms with E-state index in [-0.39, 0.29) is 17.6 Å². The second kappa shape index (κ2) is 12.6. The fourth-order valence-corrected chi connectivity index (χ4v) is 5.10. The number of pyridine rings is 1. The molecule has 12 heteroatoms. The van der Waals surface area contributed by atoms with Gasteiger partial charge in [-0.1, -0.05) is 12.1 Å². The fraction of sp³-hybridized carbons (Fsp3) is 0.433. The molecule has 4 N–H and O–H groups in total. The Balaban J connectivity index is 1.27. The van der Waals surface area contributed by atoms with Crippen molar-refractivity contribution in [1.29, 1.82) is 0 Å². The third kappa shape index (κ3) is 7.24. The number of carbonyl (C=O) groups excluding carboxylic acids is 2. The molecule has 0 bridgehead atoms. The molecule has 1 atom stereocenters. The molecule has 0 radical (unpaired) electrons. The molecule has 222 valence electrons. The summed E-state index contributed by atoms with van der Waals surface area (Å²) >= 11 is 0. The fourth-order valence-electron chi connectivity index (χ4n) is 5.10. The average Bonchev–Trinajstić information content (AvgIpc) is 2.97. The summed E-state index contributed by atoms with van der Waals surface area (Å²) in [5.41, 5.74) is 9.38. The summed E-state index contributed by atoms with van der Waals surface area (Å²) in [6.07, 6.45) is 6.32. The van der Waals surface area contributed by atoms with Crippen LogP contribution in [0.4, 0.5) is 27.7 Å². The zero-order chi connectivity index (χ0) is 29.7. The molecule has 1 aromatic carbocycles. The van der Waals surface area contributed by atoms with E-state index in [9.17, 15) is 9.59 Å². The van der Waals surface area contributed by atoms with Crippen LogP contribution in [-0.2, 0) is 9.47 Å². The highest BCUT2D eigenvalue weighted by Gasteiger charge is 2.25. The second-order valence-electron chi connectivity index (χ2n) is 11.4. The maximum absolute atomic E-state index is 13.3. The van der Waals surface area contributed by atoms with Crippen LogP contribution in [-0.4, -0.2) is 78.0 Å². The van der Waals surface area contributed by atoms with Crippen molar-refractivity contribution in [2.75, 3.05) is 60.2 Å². The number of hydrogen-bond donors (Lipinski definition) is 3. The maximum atomic E-state index is 13.3. The number of aromatic nitrogens is 3. The number of hydrogen-bond acceptors (Lipinski definition) is 10. The van der Waals surface area contributed by atoms with Crippen molar-refractivity contribution in [1.82, 2.24) is 20.3 Å². The molecule has 3 aromatic rings. The predicted octanol–water partition coefficient (Wildman–Crippen LogP) is 3.70. The van der Waals surface area contributed by atoms with Crippen LogP contribution < -0.4 is 26.2 Å². The highest BCUT2D eigenvalue weighted by atomic mass is 16.6. The normalized spacial score (nSPS) is 17.5. The Morgan fingerprint density at radius 1 is 1.05 bits per heavy atom. The minimum atomic E-state index is -0.537. The van der Waals surface area contributed by atoms with Gasteiger partial charge in [-0.05, 0) is 51.8 Å². The Morgan fingerprint density at radius 3 is 2.55 bits per heavy atom. The molecule has 2 aromatic heterocycles. The van der Waals surface area contributed by atoms with E-state index in [4.69, 9.17) is 15.2 Å². The Bertz CT molecular complexity index is 1400. The van der Waals surface area contributed by atoms with Gasteiger partial charge >= 0.3 is 6.09 Å². The summed E-state index contributed by atoms with van der Waals surface area (Å²) in [7, 11) is 0. The summed E-state index contributed by atoms with van der Waals surface area (Å²) in [6, 6.07) is 9.77. The van der Waals surface area contributed by atoms with E-state index >= 15 is 0 Å². The quantitative estimate of drug-likeness (QED) is 0.398. The van der Waals surface area contributed by atoms with Gasteiger partial charge in [-0.15, -0.1) is 0 Å². The maximum Gasteiger partial charge on any atom is 0.407 e. The molecule has 2 saturated heterocycles. The predicted molar refractivity (Wildman–Crippen MR) is 162 cm³/mol. The van der Waals surface area contributed by atoms with E-state index in [1.165, 1.54) is 0 Å². The molecule has 42 heavy (non-hydrogen) atoms. The molecule has 0 aliphatic carbocycles. The number of ether oxygens (including phenoxy) is 2. The van der Waals surface area contributed by atoms with Gasteiger partial charge in [0, 0.05) is 49.7 Å².